The van der Waals surface area contributed by atoms with Crippen LogP contribution in [0.5, 0.6) is 0 Å². The van der Waals surface area contributed by atoms with Crippen molar-refractivity contribution in [3.63, 3.8) is 0 Å². The highest BCUT2D eigenvalue weighted by Crippen LogP contribution is 2.26. The molecule has 0 unspecified atom stereocenters. The van der Waals surface area contributed by atoms with Gasteiger partial charge in [0.15, 0.2) is 0 Å². The van der Waals surface area contributed by atoms with Crippen molar-refractivity contribution < 1.29 is 4.39 Å². The molecule has 0 aromatic rings. The van der Waals surface area contributed by atoms with Crippen molar-refractivity contribution in [1.29, 1.82) is 0 Å². The van der Waals surface area contributed by atoms with E-state index in [4.69, 9.17) is 0 Å². The minimum atomic E-state index is -0.542. The zero-order valence-electron chi connectivity index (χ0n) is 10.2. The first kappa shape index (κ1) is 11.3. The van der Waals surface area contributed by atoms with Crippen LogP contribution in [-0.4, -0.2) is 53.7 Å². The van der Waals surface area contributed by atoms with Gasteiger partial charge in [-0.15, -0.1) is 0 Å². The van der Waals surface area contributed by atoms with Gasteiger partial charge in [0, 0.05) is 37.8 Å². The molecule has 0 saturated carbocycles. The van der Waals surface area contributed by atoms with Gasteiger partial charge in [0.25, 0.3) is 0 Å². The molecule has 0 spiro atoms. The average molecular weight is 214 g/mol. The number of nitrogens with zero attached hydrogens (tertiary/aromatic N) is 2. The minimum absolute atomic E-state index is 0.301. The molecule has 2 fully saturated rings. The molecule has 0 N–H and O–H groups in total. The summed E-state index contributed by atoms with van der Waals surface area (Å²) in [4.78, 5) is 4.97. The topological polar surface area (TPSA) is 6.48 Å². The Morgan fingerprint density at radius 1 is 1.07 bits per heavy atom. The number of rotatable bonds is 1. The number of piperidine rings is 1. The number of alkyl halides is 1. The highest BCUT2D eigenvalue weighted by atomic mass is 19.1. The molecule has 3 heteroatoms. The van der Waals surface area contributed by atoms with Crippen molar-refractivity contribution in [3.05, 3.63) is 0 Å². The van der Waals surface area contributed by atoms with Crippen molar-refractivity contribution in [2.24, 2.45) is 0 Å². The molecule has 2 saturated heterocycles. The summed E-state index contributed by atoms with van der Waals surface area (Å²) >= 11 is 0. The number of hydrogen-bond acceptors (Lipinski definition) is 2. The highest BCUT2D eigenvalue weighted by molar-refractivity contribution is 4.95. The number of halogens is 1. The maximum atomic E-state index is 13.0. The Hall–Kier alpha value is -0.150. The van der Waals surface area contributed by atoms with E-state index in [9.17, 15) is 4.39 Å². The third-order valence-electron chi connectivity index (χ3n) is 3.79. The van der Waals surface area contributed by atoms with Crippen LogP contribution in [0.1, 0.15) is 33.6 Å². The van der Waals surface area contributed by atoms with E-state index in [1.165, 1.54) is 13.1 Å². The Bertz CT molecular complexity index is 210. The molecule has 0 radical (unpaired) electrons. The predicted octanol–water partition coefficient (Wildman–Crippen LogP) is 1.90. The van der Waals surface area contributed by atoms with Gasteiger partial charge < -0.3 is 0 Å². The molecule has 2 rings (SSSR count). The second kappa shape index (κ2) is 4.02. The third-order valence-corrected chi connectivity index (χ3v) is 3.79. The van der Waals surface area contributed by atoms with E-state index in [0.717, 1.165) is 25.9 Å². The summed E-state index contributed by atoms with van der Waals surface area (Å²) in [5.74, 6) is 0. The molecule has 2 aliphatic heterocycles. The molecular weight excluding hydrogens is 191 g/mol. The molecule has 0 amide bonds. The molecule has 0 atom stereocenters. The van der Waals surface area contributed by atoms with Crippen molar-refractivity contribution in [2.75, 3.05) is 26.2 Å². The van der Waals surface area contributed by atoms with Crippen LogP contribution in [0.25, 0.3) is 0 Å². The molecule has 0 bridgehead atoms. The standard InChI is InChI=1S/C12H23FN2/c1-12(2,3)15-8-11(9-15)14-6-4-10(13)5-7-14/h10-11H,4-9H2,1-3H3. The van der Waals surface area contributed by atoms with Crippen LogP contribution in [0.3, 0.4) is 0 Å². The number of likely N-dealkylation sites (tertiary alicyclic amines) is 2. The van der Waals surface area contributed by atoms with Gasteiger partial charge in [-0.05, 0) is 33.6 Å². The van der Waals surface area contributed by atoms with Gasteiger partial charge in [-0.25, -0.2) is 4.39 Å². The van der Waals surface area contributed by atoms with Crippen LogP contribution < -0.4 is 0 Å². The Labute approximate surface area is 92.4 Å². The fourth-order valence-corrected chi connectivity index (χ4v) is 2.47. The quantitative estimate of drug-likeness (QED) is 0.658. The first-order valence-corrected chi connectivity index (χ1v) is 6.10. The van der Waals surface area contributed by atoms with E-state index in [1.807, 2.05) is 0 Å². The molecule has 0 aliphatic carbocycles. The second-order valence-electron chi connectivity index (χ2n) is 5.94. The third kappa shape index (κ3) is 2.51. The Morgan fingerprint density at radius 2 is 1.60 bits per heavy atom. The highest BCUT2D eigenvalue weighted by Gasteiger charge is 2.38. The summed E-state index contributed by atoms with van der Waals surface area (Å²) in [6, 6.07) is 0.691. The second-order valence-corrected chi connectivity index (χ2v) is 5.94. The van der Waals surface area contributed by atoms with E-state index in [1.54, 1.807) is 0 Å². The molecule has 15 heavy (non-hydrogen) atoms. The van der Waals surface area contributed by atoms with Gasteiger partial charge in [-0.1, -0.05) is 0 Å². The summed E-state index contributed by atoms with van der Waals surface area (Å²) in [7, 11) is 0. The smallest absolute Gasteiger partial charge is 0.103 e. The first-order chi connectivity index (χ1) is 6.97. The monoisotopic (exact) mass is 214 g/mol. The lowest BCUT2D eigenvalue weighted by Crippen LogP contribution is -2.65. The van der Waals surface area contributed by atoms with E-state index < -0.39 is 6.17 Å². The van der Waals surface area contributed by atoms with Crippen molar-refractivity contribution in [1.82, 2.24) is 9.80 Å². The summed E-state index contributed by atoms with van der Waals surface area (Å²) in [6.07, 6.45) is 0.943. The fraction of sp³-hybridized carbons (Fsp3) is 1.00. The van der Waals surface area contributed by atoms with Crippen LogP contribution in [-0.2, 0) is 0 Å². The molecule has 2 aliphatic rings. The van der Waals surface area contributed by atoms with Gasteiger partial charge in [0.05, 0.1) is 0 Å². The molecular formula is C12H23FN2. The van der Waals surface area contributed by atoms with Gasteiger partial charge in [0.2, 0.25) is 0 Å². The van der Waals surface area contributed by atoms with E-state index in [2.05, 4.69) is 30.6 Å². The van der Waals surface area contributed by atoms with E-state index >= 15 is 0 Å². The fourth-order valence-electron chi connectivity index (χ4n) is 2.47. The van der Waals surface area contributed by atoms with Crippen LogP contribution in [0.2, 0.25) is 0 Å². The Kier molecular flexibility index (Phi) is 3.04. The average Bonchev–Trinajstić information content (AvgIpc) is 2.03. The Morgan fingerprint density at radius 3 is 2.07 bits per heavy atom. The normalized spacial score (nSPS) is 28.0. The SMILES string of the molecule is CC(C)(C)N1CC(N2CCC(F)CC2)C1. The Balaban J connectivity index is 1.75. The number of hydrogen-bond donors (Lipinski definition) is 0. The summed E-state index contributed by atoms with van der Waals surface area (Å²) in [6.45, 7) is 11.0. The van der Waals surface area contributed by atoms with Gasteiger partial charge in [-0.3, -0.25) is 9.80 Å². The largest absolute Gasteiger partial charge is 0.298 e. The molecule has 0 aromatic carbocycles. The first-order valence-electron chi connectivity index (χ1n) is 6.10. The van der Waals surface area contributed by atoms with Crippen LogP contribution in [0, 0.1) is 0 Å². The summed E-state index contributed by atoms with van der Waals surface area (Å²) in [5.41, 5.74) is 0.301. The van der Waals surface area contributed by atoms with Crippen molar-refractivity contribution >= 4 is 0 Å². The predicted molar refractivity (Wildman–Crippen MR) is 60.8 cm³/mol. The maximum absolute atomic E-state index is 13.0. The van der Waals surface area contributed by atoms with E-state index in [-0.39, 0.29) is 0 Å². The lowest BCUT2D eigenvalue weighted by molar-refractivity contribution is -0.0349. The molecule has 2 nitrogen and oxygen atoms in total. The van der Waals surface area contributed by atoms with Crippen molar-refractivity contribution in [2.45, 2.75) is 51.4 Å². The lowest BCUT2D eigenvalue weighted by Gasteiger charge is -2.52. The summed E-state index contributed by atoms with van der Waals surface area (Å²) < 4.78 is 13.0. The van der Waals surface area contributed by atoms with E-state index in [0.29, 0.717) is 11.6 Å². The summed E-state index contributed by atoms with van der Waals surface area (Å²) in [5, 5.41) is 0. The molecule has 0 aromatic heterocycles. The van der Waals surface area contributed by atoms with Crippen LogP contribution >= 0.6 is 0 Å². The van der Waals surface area contributed by atoms with Gasteiger partial charge in [0.1, 0.15) is 6.17 Å². The van der Waals surface area contributed by atoms with Crippen LogP contribution in [0.4, 0.5) is 4.39 Å². The molecule has 2 heterocycles. The van der Waals surface area contributed by atoms with Gasteiger partial charge >= 0.3 is 0 Å². The maximum Gasteiger partial charge on any atom is 0.103 e. The van der Waals surface area contributed by atoms with Gasteiger partial charge in [-0.2, -0.15) is 0 Å². The molecule has 88 valence electrons. The lowest BCUT2D eigenvalue weighted by atomic mass is 9.95. The zero-order valence-corrected chi connectivity index (χ0v) is 10.2. The minimum Gasteiger partial charge on any atom is -0.298 e. The van der Waals surface area contributed by atoms with Crippen LogP contribution in [0.15, 0.2) is 0 Å². The zero-order chi connectivity index (χ0) is 11.1. The van der Waals surface area contributed by atoms with Crippen molar-refractivity contribution in [3.8, 4) is 0 Å².